The first-order chi connectivity index (χ1) is 6.31. The summed E-state index contributed by atoms with van der Waals surface area (Å²) in [7, 11) is -3.76. The van der Waals surface area contributed by atoms with Crippen molar-refractivity contribution in [3.05, 3.63) is 0 Å². The molecule has 15 heavy (non-hydrogen) atoms. The van der Waals surface area contributed by atoms with Gasteiger partial charge in [-0.3, -0.25) is 8.42 Å². The molecule has 0 aliphatic heterocycles. The van der Waals surface area contributed by atoms with E-state index in [0.717, 1.165) is 5.54 Å². The quantitative estimate of drug-likeness (QED) is 0.301. The van der Waals surface area contributed by atoms with E-state index in [2.05, 4.69) is 13.8 Å². The fourth-order valence-electron chi connectivity index (χ4n) is 0.947. The first kappa shape index (κ1) is 21.9. The average molecular weight is 378 g/mol. The monoisotopic (exact) mass is 378 g/mol. The Balaban J connectivity index is -0.000000208. The van der Waals surface area contributed by atoms with Crippen molar-refractivity contribution in [1.29, 1.82) is 0 Å². The zero-order valence-electron chi connectivity index (χ0n) is 9.86. The Bertz CT molecular complexity index is 201. The molecule has 0 spiro atoms. The summed E-state index contributed by atoms with van der Waals surface area (Å²) in [4.78, 5) is 0. The van der Waals surface area contributed by atoms with Crippen LogP contribution in [0.2, 0.25) is 5.54 Å². The number of unbranched alkanes of at least 4 members (excludes halogenated alkanes) is 2. The van der Waals surface area contributed by atoms with E-state index in [1.807, 2.05) is 0 Å². The van der Waals surface area contributed by atoms with Crippen molar-refractivity contribution in [3.8, 4) is 0 Å². The van der Waals surface area contributed by atoms with Gasteiger partial charge in [0.1, 0.15) is 0 Å². The predicted octanol–water partition coefficient (Wildman–Crippen LogP) is 0.412. The van der Waals surface area contributed by atoms with Gasteiger partial charge in [0.2, 0.25) is 0 Å². The minimum atomic E-state index is -5.17. The molecule has 0 radical (unpaired) electrons. The Hall–Kier alpha value is 1.66. The molecule has 0 heterocycles. The molecule has 4 nitrogen and oxygen atoms in total. The average Bonchev–Trinajstić information content (AvgIpc) is 2.01. The molecule has 88 valence electrons. The minimum absolute atomic E-state index is 0. The first-order valence-corrected chi connectivity index (χ1v) is 7.46. The van der Waals surface area contributed by atoms with Gasteiger partial charge in [0.25, 0.3) is 0 Å². The summed E-state index contributed by atoms with van der Waals surface area (Å²) in [6, 6.07) is 0. The van der Waals surface area contributed by atoms with Crippen LogP contribution >= 0.6 is 0 Å². The number of hydrogen-bond acceptors (Lipinski definition) is 4. The van der Waals surface area contributed by atoms with Crippen LogP contribution in [0.5, 0.6) is 0 Å². The molecule has 0 aromatic rings. The summed E-state index contributed by atoms with van der Waals surface area (Å²) in [6.45, 7) is 4.58. The smallest absolute Gasteiger partial charge is 0.759 e. The van der Waals surface area contributed by atoms with Crippen molar-refractivity contribution in [2.24, 2.45) is 0 Å². The van der Waals surface area contributed by atoms with Crippen LogP contribution in [0.25, 0.3) is 0 Å². The predicted molar refractivity (Wildman–Crippen MR) is 64.4 cm³/mol. The van der Waals surface area contributed by atoms with E-state index in [-0.39, 0.29) is 48.9 Å². The Labute approximate surface area is 137 Å². The summed E-state index contributed by atoms with van der Waals surface area (Å²) in [5.41, 5.74) is 1.09. The van der Waals surface area contributed by atoms with Crippen molar-refractivity contribution in [3.63, 3.8) is 0 Å². The fourth-order valence-corrected chi connectivity index (χ4v) is 1.36. The Morgan fingerprint density at radius 1 is 1.20 bits per heavy atom. The maximum atomic E-state index is 8.52. The molecule has 0 rings (SSSR count). The normalized spacial score (nSPS) is 12.3. The largest absolute Gasteiger partial charge is 2.00 e. The molecular formula is C8H20BaO4SSi. The van der Waals surface area contributed by atoms with Crippen molar-refractivity contribution in [1.82, 2.24) is 0 Å². The van der Waals surface area contributed by atoms with E-state index >= 15 is 0 Å². The Morgan fingerprint density at radius 3 is 1.87 bits per heavy atom. The molecule has 1 atom stereocenters. The molecule has 0 aromatic carbocycles. The number of hydrogen-bond donors (Lipinski definition) is 0. The van der Waals surface area contributed by atoms with Crippen LogP contribution in [-0.4, -0.2) is 76.6 Å². The fraction of sp³-hybridized carbons (Fsp3) is 1.00. The van der Waals surface area contributed by atoms with E-state index in [1.165, 1.54) is 42.3 Å². The van der Waals surface area contributed by atoms with E-state index in [0.29, 0.717) is 0 Å². The van der Waals surface area contributed by atoms with Crippen LogP contribution < -0.4 is 0 Å². The van der Waals surface area contributed by atoms with Gasteiger partial charge < -0.3 is 9.11 Å². The van der Waals surface area contributed by atoms with Gasteiger partial charge >= 0.3 is 48.9 Å². The van der Waals surface area contributed by atoms with Crippen molar-refractivity contribution < 1.29 is 17.5 Å². The van der Waals surface area contributed by atoms with Crippen molar-refractivity contribution >= 4 is 69.5 Å². The zero-order chi connectivity index (χ0) is 11.6. The van der Waals surface area contributed by atoms with Crippen LogP contribution in [0.1, 0.15) is 46.0 Å². The number of rotatable bonds is 5. The molecule has 0 N–H and O–H groups in total. The van der Waals surface area contributed by atoms with Crippen molar-refractivity contribution in [2.75, 3.05) is 0 Å². The third kappa shape index (κ3) is 39.0. The first-order valence-electron chi connectivity index (χ1n) is 4.97. The van der Waals surface area contributed by atoms with Gasteiger partial charge in [0.15, 0.2) is 0 Å². The van der Waals surface area contributed by atoms with Crippen molar-refractivity contribution in [2.45, 2.75) is 51.5 Å². The summed E-state index contributed by atoms with van der Waals surface area (Å²) in [6.07, 6.45) is 7.20. The van der Waals surface area contributed by atoms with Gasteiger partial charge in [-0.2, -0.15) is 0 Å². The third-order valence-corrected chi connectivity index (χ3v) is 3.39. The van der Waals surface area contributed by atoms with E-state index in [9.17, 15) is 0 Å². The standard InChI is InChI=1S/C8H20Si.Ba.H2O4S/c1-3-5-6-7-8(9)4-2;;1-5(2,3)4/h8H,3-7H2,1-2,9H3;;(H2,1,2,3,4)/q;+2;/p-2. The van der Waals surface area contributed by atoms with Crippen LogP contribution in [-0.2, 0) is 10.4 Å². The van der Waals surface area contributed by atoms with Gasteiger partial charge in [0.05, 0.1) is 0 Å². The summed E-state index contributed by atoms with van der Waals surface area (Å²) < 4.78 is 34.1. The zero-order valence-corrected chi connectivity index (χ0v) is 17.1. The molecule has 0 aliphatic carbocycles. The van der Waals surface area contributed by atoms with Gasteiger partial charge in [0, 0.05) is 20.6 Å². The second kappa shape index (κ2) is 13.7. The molecule has 0 amide bonds. The van der Waals surface area contributed by atoms with Gasteiger partial charge in [-0.05, 0) is 0 Å². The summed E-state index contributed by atoms with van der Waals surface area (Å²) in [5, 5.41) is 0. The molecule has 0 saturated carbocycles. The Kier molecular flexibility index (Phi) is 20.0. The molecular weight excluding hydrogens is 358 g/mol. The van der Waals surface area contributed by atoms with Crippen LogP contribution in [0.4, 0.5) is 0 Å². The second-order valence-electron chi connectivity index (χ2n) is 3.42. The maximum absolute atomic E-state index is 8.52. The van der Waals surface area contributed by atoms with Crippen LogP contribution in [0.15, 0.2) is 0 Å². The summed E-state index contributed by atoms with van der Waals surface area (Å²) in [5.74, 6) is 0. The van der Waals surface area contributed by atoms with Gasteiger partial charge in [-0.1, -0.05) is 51.5 Å². The molecule has 0 fully saturated rings. The van der Waals surface area contributed by atoms with E-state index in [1.54, 1.807) is 0 Å². The molecule has 0 aliphatic rings. The van der Waals surface area contributed by atoms with E-state index in [4.69, 9.17) is 17.5 Å². The molecule has 0 aromatic heterocycles. The topological polar surface area (TPSA) is 80.3 Å². The molecule has 0 bridgehead atoms. The van der Waals surface area contributed by atoms with Crippen LogP contribution in [0.3, 0.4) is 0 Å². The maximum Gasteiger partial charge on any atom is 2.00 e. The Morgan fingerprint density at radius 2 is 1.60 bits per heavy atom. The van der Waals surface area contributed by atoms with Gasteiger partial charge in [-0.15, -0.1) is 0 Å². The molecule has 7 heteroatoms. The van der Waals surface area contributed by atoms with Crippen LogP contribution in [0, 0.1) is 0 Å². The summed E-state index contributed by atoms with van der Waals surface area (Å²) >= 11 is 0. The molecule has 0 saturated heterocycles. The molecule has 1 unspecified atom stereocenters. The minimum Gasteiger partial charge on any atom is -0.759 e. The van der Waals surface area contributed by atoms with Gasteiger partial charge in [-0.25, -0.2) is 0 Å². The van der Waals surface area contributed by atoms with E-state index < -0.39 is 10.4 Å². The SMILES string of the molecule is CCCCCC([SiH3])CC.O=S(=O)([O-])[O-].[Ba+2]. The third-order valence-electron chi connectivity index (χ3n) is 2.00. The second-order valence-corrected chi connectivity index (χ2v) is 5.87.